The van der Waals surface area contributed by atoms with Gasteiger partial charge in [0.25, 0.3) is 5.91 Å². The van der Waals surface area contributed by atoms with Crippen LogP contribution in [0.3, 0.4) is 0 Å². The number of ether oxygens (including phenoxy) is 1. The molecule has 0 spiro atoms. The van der Waals surface area contributed by atoms with E-state index >= 15 is 0 Å². The number of amides is 2. The molecule has 3 rings (SSSR count). The van der Waals surface area contributed by atoms with Crippen LogP contribution in [0.2, 0.25) is 0 Å². The van der Waals surface area contributed by atoms with Crippen LogP contribution >= 0.6 is 0 Å². The first-order valence-corrected chi connectivity index (χ1v) is 11.7. The summed E-state index contributed by atoms with van der Waals surface area (Å²) in [4.78, 5) is 28.2. The van der Waals surface area contributed by atoms with Crippen LogP contribution in [-0.2, 0) is 17.5 Å². The molecular formula is C25H27F5N4O3. The Morgan fingerprint density at radius 3 is 2.27 bits per heavy atom. The lowest BCUT2D eigenvalue weighted by molar-refractivity contribution is -0.137. The second-order valence-electron chi connectivity index (χ2n) is 8.50. The zero-order valence-electron chi connectivity index (χ0n) is 20.0. The Bertz CT molecular complexity index is 1130. The average molecular weight is 527 g/mol. The van der Waals surface area contributed by atoms with Crippen molar-refractivity contribution < 1.29 is 36.3 Å². The van der Waals surface area contributed by atoms with E-state index in [0.29, 0.717) is 31.2 Å². The molecular weight excluding hydrogens is 499 g/mol. The molecule has 0 atom stereocenters. The van der Waals surface area contributed by atoms with Crippen LogP contribution in [0, 0.1) is 11.6 Å². The Hall–Kier alpha value is -3.70. The molecule has 3 N–H and O–H groups in total. The van der Waals surface area contributed by atoms with Gasteiger partial charge in [0.05, 0.1) is 12.2 Å². The number of rotatable bonds is 6. The van der Waals surface area contributed by atoms with E-state index in [2.05, 4.69) is 20.9 Å². The van der Waals surface area contributed by atoms with Gasteiger partial charge in [-0.2, -0.15) is 18.2 Å². The first kappa shape index (κ1) is 27.9. The number of halogens is 5. The fourth-order valence-corrected chi connectivity index (χ4v) is 3.88. The Morgan fingerprint density at radius 1 is 0.973 bits per heavy atom. The third kappa shape index (κ3) is 8.43. The number of alkyl halides is 3. The van der Waals surface area contributed by atoms with Gasteiger partial charge in [0.1, 0.15) is 0 Å². The van der Waals surface area contributed by atoms with E-state index in [0.717, 1.165) is 30.3 Å². The van der Waals surface area contributed by atoms with Gasteiger partial charge < -0.3 is 20.7 Å². The Kier molecular flexibility index (Phi) is 9.42. The molecule has 1 aliphatic rings. The SMILES string of the molecule is CCOC(=O)N[C@H]1CC[C@H](N/C(=N\C(=O)c2ccc(F)c(F)c2)NCc2cccc(C(F)(F)F)c2)CC1. The van der Waals surface area contributed by atoms with Crippen molar-refractivity contribution in [2.45, 2.75) is 57.4 Å². The highest BCUT2D eigenvalue weighted by atomic mass is 19.4. The van der Waals surface area contributed by atoms with E-state index < -0.39 is 35.4 Å². The predicted octanol–water partition coefficient (Wildman–Crippen LogP) is 4.92. The highest BCUT2D eigenvalue weighted by Crippen LogP contribution is 2.29. The molecule has 2 aromatic rings. The summed E-state index contributed by atoms with van der Waals surface area (Å²) in [5.74, 6) is -3.21. The molecule has 2 amide bonds. The molecule has 37 heavy (non-hydrogen) atoms. The molecule has 12 heteroatoms. The molecule has 1 aliphatic carbocycles. The van der Waals surface area contributed by atoms with Crippen molar-refractivity contribution >= 4 is 18.0 Å². The molecule has 0 aliphatic heterocycles. The smallest absolute Gasteiger partial charge is 0.416 e. The summed E-state index contributed by atoms with van der Waals surface area (Å²) in [6, 6.07) is 7.06. The van der Waals surface area contributed by atoms with Crippen molar-refractivity contribution in [3.8, 4) is 0 Å². The first-order chi connectivity index (χ1) is 17.5. The molecule has 0 aromatic heterocycles. The lowest BCUT2D eigenvalue weighted by Crippen LogP contribution is -2.47. The van der Waals surface area contributed by atoms with Crippen LogP contribution in [0.5, 0.6) is 0 Å². The van der Waals surface area contributed by atoms with Gasteiger partial charge in [-0.3, -0.25) is 4.79 Å². The lowest BCUT2D eigenvalue weighted by atomic mass is 9.91. The largest absolute Gasteiger partial charge is 0.450 e. The standard InChI is InChI=1S/C25H27F5N4O3/c1-2-37-24(36)33-19-9-7-18(8-10-19)32-23(34-22(35)16-6-11-20(26)21(27)13-16)31-14-15-4-3-5-17(12-15)25(28,29)30/h3-6,11-13,18-19H,2,7-10,14H2,1H3,(H,33,36)(H2,31,32,34,35)/t18-,19-. The van der Waals surface area contributed by atoms with Crippen molar-refractivity contribution in [2.24, 2.45) is 4.99 Å². The summed E-state index contributed by atoms with van der Waals surface area (Å²) in [7, 11) is 0. The van der Waals surface area contributed by atoms with Gasteiger partial charge in [0.2, 0.25) is 0 Å². The quantitative estimate of drug-likeness (QED) is 0.283. The van der Waals surface area contributed by atoms with Gasteiger partial charge in [-0.15, -0.1) is 0 Å². The zero-order valence-corrected chi connectivity index (χ0v) is 20.0. The highest BCUT2D eigenvalue weighted by Gasteiger charge is 2.30. The Balaban J connectivity index is 1.71. The zero-order chi connectivity index (χ0) is 27.0. The number of guanidine groups is 1. The third-order valence-electron chi connectivity index (χ3n) is 5.76. The van der Waals surface area contributed by atoms with Gasteiger partial charge in [0.15, 0.2) is 17.6 Å². The van der Waals surface area contributed by atoms with E-state index in [4.69, 9.17) is 4.74 Å². The molecule has 0 unspecified atom stereocenters. The van der Waals surface area contributed by atoms with Crippen LogP contribution in [0.15, 0.2) is 47.5 Å². The summed E-state index contributed by atoms with van der Waals surface area (Å²) >= 11 is 0. The summed E-state index contributed by atoms with van der Waals surface area (Å²) in [5.41, 5.74) is -0.711. The number of carbonyl (C=O) groups excluding carboxylic acids is 2. The van der Waals surface area contributed by atoms with Crippen LogP contribution in [-0.4, -0.2) is 36.7 Å². The van der Waals surface area contributed by atoms with Gasteiger partial charge in [-0.05, 0) is 68.5 Å². The minimum atomic E-state index is -4.51. The maximum absolute atomic E-state index is 13.6. The highest BCUT2D eigenvalue weighted by molar-refractivity contribution is 6.02. The molecule has 2 aromatic carbocycles. The predicted molar refractivity (Wildman–Crippen MR) is 126 cm³/mol. The van der Waals surface area contributed by atoms with Gasteiger partial charge in [-0.25, -0.2) is 13.6 Å². The van der Waals surface area contributed by atoms with Gasteiger partial charge in [-0.1, -0.05) is 12.1 Å². The van der Waals surface area contributed by atoms with Crippen LogP contribution in [0.4, 0.5) is 26.7 Å². The van der Waals surface area contributed by atoms with Crippen molar-refractivity contribution in [2.75, 3.05) is 6.61 Å². The second kappa shape index (κ2) is 12.5. The maximum atomic E-state index is 13.6. The van der Waals surface area contributed by atoms with E-state index in [1.54, 1.807) is 6.92 Å². The van der Waals surface area contributed by atoms with Crippen molar-refractivity contribution in [1.29, 1.82) is 0 Å². The number of hydrogen-bond acceptors (Lipinski definition) is 3. The molecule has 0 bridgehead atoms. The average Bonchev–Trinajstić information content (AvgIpc) is 2.85. The lowest BCUT2D eigenvalue weighted by Gasteiger charge is -2.30. The number of alkyl carbamates (subject to hydrolysis) is 1. The normalized spacial score (nSPS) is 18.2. The van der Waals surface area contributed by atoms with E-state index in [9.17, 15) is 31.5 Å². The Labute approximate surface area is 210 Å². The fourth-order valence-electron chi connectivity index (χ4n) is 3.88. The van der Waals surface area contributed by atoms with Crippen LogP contribution < -0.4 is 16.0 Å². The molecule has 0 heterocycles. The third-order valence-corrected chi connectivity index (χ3v) is 5.76. The molecule has 0 saturated heterocycles. The topological polar surface area (TPSA) is 91.8 Å². The minimum Gasteiger partial charge on any atom is -0.450 e. The number of nitrogens with zero attached hydrogens (tertiary/aromatic N) is 1. The summed E-state index contributed by atoms with van der Waals surface area (Å²) in [5, 5.41) is 8.70. The molecule has 200 valence electrons. The van der Waals surface area contributed by atoms with Crippen molar-refractivity contribution in [3.05, 3.63) is 70.8 Å². The molecule has 0 radical (unpaired) electrons. The fraction of sp³-hybridized carbons (Fsp3) is 0.400. The van der Waals surface area contributed by atoms with Crippen LogP contribution in [0.25, 0.3) is 0 Å². The van der Waals surface area contributed by atoms with Gasteiger partial charge in [0, 0.05) is 24.2 Å². The van der Waals surface area contributed by atoms with E-state index in [1.807, 2.05) is 0 Å². The summed E-state index contributed by atoms with van der Waals surface area (Å²) in [6.45, 7) is 1.88. The van der Waals surface area contributed by atoms with Gasteiger partial charge >= 0.3 is 12.3 Å². The summed E-state index contributed by atoms with van der Waals surface area (Å²) < 4.78 is 70.9. The number of hydrogen-bond donors (Lipinski definition) is 3. The number of carbonyl (C=O) groups is 2. The maximum Gasteiger partial charge on any atom is 0.416 e. The number of aliphatic imine (C=N–C) groups is 1. The number of benzene rings is 2. The van der Waals surface area contributed by atoms with Crippen LogP contribution in [0.1, 0.15) is 54.1 Å². The van der Waals surface area contributed by atoms with Crippen molar-refractivity contribution in [1.82, 2.24) is 16.0 Å². The number of nitrogens with one attached hydrogen (secondary N) is 3. The monoisotopic (exact) mass is 526 g/mol. The molecule has 1 fully saturated rings. The molecule has 7 nitrogen and oxygen atoms in total. The van der Waals surface area contributed by atoms with E-state index in [-0.39, 0.29) is 36.8 Å². The first-order valence-electron chi connectivity index (χ1n) is 11.7. The van der Waals surface area contributed by atoms with Crippen molar-refractivity contribution in [3.63, 3.8) is 0 Å². The van der Waals surface area contributed by atoms with E-state index in [1.165, 1.54) is 12.1 Å². The second-order valence-corrected chi connectivity index (χ2v) is 8.50. The molecule has 1 saturated carbocycles. The summed E-state index contributed by atoms with van der Waals surface area (Å²) in [6.07, 6.45) is -2.57. The Morgan fingerprint density at radius 2 is 1.65 bits per heavy atom. The minimum absolute atomic E-state index is 0.0195.